The third kappa shape index (κ3) is 21.1. The zero-order valence-corrected chi connectivity index (χ0v) is 49.1. The molecule has 2 fully saturated rings. The molecule has 448 valence electrons. The zero-order valence-electron chi connectivity index (χ0n) is 48.3. The van der Waals surface area contributed by atoms with Crippen molar-refractivity contribution in [1.82, 2.24) is 4.98 Å². The number of para-hydroxylation sites is 1. The van der Waals surface area contributed by atoms with Crippen molar-refractivity contribution in [3.8, 4) is 34.5 Å². The summed E-state index contributed by atoms with van der Waals surface area (Å²) in [6.07, 6.45) is 18.5. The van der Waals surface area contributed by atoms with Gasteiger partial charge in [0, 0.05) is 24.3 Å². The first-order chi connectivity index (χ1) is 41.0. The minimum Gasteiger partial charge on any atom is -0.494 e. The minimum atomic E-state index is -0.463. The number of thiazole rings is 1. The van der Waals surface area contributed by atoms with Crippen molar-refractivity contribution >= 4 is 68.7 Å². The fourth-order valence-electron chi connectivity index (χ4n) is 9.86. The smallest absolute Gasteiger partial charge is 0.330 e. The number of hydrogen-bond acceptors (Lipinski definition) is 18. The van der Waals surface area contributed by atoms with E-state index in [0.717, 1.165) is 105 Å². The van der Waals surface area contributed by atoms with E-state index in [1.54, 1.807) is 72.9 Å². The number of hydrogen-bond donors (Lipinski definition) is 0. The van der Waals surface area contributed by atoms with E-state index in [4.69, 9.17) is 48.0 Å². The van der Waals surface area contributed by atoms with Gasteiger partial charge in [-0.15, -0.1) is 0 Å². The average Bonchev–Trinajstić information content (AvgIpc) is 4.13. The maximum atomic E-state index is 14.0. The van der Waals surface area contributed by atoms with E-state index in [2.05, 4.69) is 20.1 Å². The number of carbonyl (C=O) groups excluding carboxylic acids is 6. The SMILES string of the molecule is C=CC(=O)OCCCCCCOc1ccc(OC(=O)C2CCC(C(=O)Oc3ccc(OC(=O)[C@H]4CC[C@@H](C(=O)Oc5ccc(OCCCCCCOC(=O)C=C)cc5)CC4)c(/C=N/N(CCCCCC)c4nc5ccccc5s4)c3)CC2)cc1. The Labute approximate surface area is 496 Å². The zero-order chi connectivity index (χ0) is 59.3. The van der Waals surface area contributed by atoms with Crippen LogP contribution in [0.3, 0.4) is 0 Å². The van der Waals surface area contributed by atoms with Gasteiger partial charge in [0.25, 0.3) is 0 Å². The van der Waals surface area contributed by atoms with Crippen LogP contribution in [-0.4, -0.2) is 80.0 Å². The van der Waals surface area contributed by atoms with Gasteiger partial charge in [0.1, 0.15) is 34.5 Å². The van der Waals surface area contributed by atoms with Gasteiger partial charge in [0.2, 0.25) is 5.13 Å². The van der Waals surface area contributed by atoms with E-state index >= 15 is 0 Å². The van der Waals surface area contributed by atoms with Crippen LogP contribution in [-0.2, 0) is 38.2 Å². The average molecular weight is 1170 g/mol. The van der Waals surface area contributed by atoms with Gasteiger partial charge in [-0.1, -0.05) is 62.8 Å². The standard InChI is InChI=1S/C66H79N3O14S/c1-4-7-8-15-40-69(66-68-57-20-13-14-21-59(57)84-66)67-46-51-45-56(82-64(74)49-24-22-47(23-25-49)62(72)80-54-34-30-52(31-35-54)76-41-16-9-11-18-43-78-60(70)5-2)38-39-58(51)83-65(75)50-28-26-48(27-29-50)63(73)81-55-36-32-53(33-37-55)77-42-17-10-12-19-44-79-61(71)6-3/h5-6,13-14,20-21,30-39,45-50H,2-4,7-12,15-19,22-29,40-44H2,1H3/b67-46+/t47?,48-,49?,50+. The molecule has 2 aliphatic rings. The highest BCUT2D eigenvalue weighted by molar-refractivity contribution is 7.22. The molecule has 7 rings (SSSR count). The van der Waals surface area contributed by atoms with Gasteiger partial charge in [-0.25, -0.2) is 19.6 Å². The molecule has 0 N–H and O–H groups in total. The van der Waals surface area contributed by atoms with Crippen LogP contribution in [0.15, 0.2) is 121 Å². The number of fused-ring (bicyclic) bond motifs is 1. The molecule has 1 aromatic heterocycles. The second kappa shape index (κ2) is 34.7. The largest absolute Gasteiger partial charge is 0.494 e. The van der Waals surface area contributed by atoms with Crippen molar-refractivity contribution < 1.29 is 66.7 Å². The Morgan fingerprint density at radius 2 is 0.952 bits per heavy atom. The number of benzene rings is 4. The molecule has 0 amide bonds. The highest BCUT2D eigenvalue weighted by atomic mass is 32.1. The number of anilines is 1. The fourth-order valence-corrected chi connectivity index (χ4v) is 10.8. The molecule has 4 aromatic carbocycles. The van der Waals surface area contributed by atoms with Crippen molar-refractivity contribution in [2.75, 3.05) is 38.0 Å². The predicted molar refractivity (Wildman–Crippen MR) is 322 cm³/mol. The minimum absolute atomic E-state index is 0.242. The van der Waals surface area contributed by atoms with Gasteiger partial charge in [0.05, 0.1) is 66.5 Å². The summed E-state index contributed by atoms with van der Waals surface area (Å²) < 4.78 is 46.4. The Kier molecular flexibility index (Phi) is 26.3. The molecule has 0 bridgehead atoms. The predicted octanol–water partition coefficient (Wildman–Crippen LogP) is 13.7. The van der Waals surface area contributed by atoms with Crippen LogP contribution in [0.4, 0.5) is 5.13 Å². The number of unbranched alkanes of at least 4 members (excludes halogenated alkanes) is 9. The van der Waals surface area contributed by atoms with Crippen molar-refractivity contribution in [2.45, 2.75) is 135 Å². The van der Waals surface area contributed by atoms with E-state index in [1.807, 2.05) is 29.3 Å². The van der Waals surface area contributed by atoms with E-state index in [1.165, 1.54) is 11.3 Å². The second-order valence-corrected chi connectivity index (χ2v) is 22.1. The van der Waals surface area contributed by atoms with Crippen molar-refractivity contribution in [3.05, 3.63) is 122 Å². The van der Waals surface area contributed by atoms with E-state index in [0.29, 0.717) is 113 Å². The summed E-state index contributed by atoms with van der Waals surface area (Å²) >= 11 is 1.54. The van der Waals surface area contributed by atoms with Gasteiger partial charge in [-0.3, -0.25) is 19.2 Å². The van der Waals surface area contributed by atoms with Crippen LogP contribution in [0, 0.1) is 23.7 Å². The monoisotopic (exact) mass is 1170 g/mol. The molecule has 2 saturated carbocycles. The molecular formula is C66H79N3O14S. The molecule has 0 saturated heterocycles. The number of rotatable bonds is 34. The first kappa shape index (κ1) is 63.7. The van der Waals surface area contributed by atoms with Crippen molar-refractivity contribution in [1.29, 1.82) is 0 Å². The molecule has 5 aromatic rings. The van der Waals surface area contributed by atoms with Crippen LogP contribution >= 0.6 is 11.3 Å². The maximum absolute atomic E-state index is 14.0. The number of carbonyl (C=O) groups is 6. The molecule has 1 heterocycles. The lowest BCUT2D eigenvalue weighted by atomic mass is 9.82. The molecule has 84 heavy (non-hydrogen) atoms. The number of esters is 6. The number of ether oxygens (including phenoxy) is 8. The van der Waals surface area contributed by atoms with Crippen molar-refractivity contribution in [2.24, 2.45) is 28.8 Å². The van der Waals surface area contributed by atoms with Crippen molar-refractivity contribution in [3.63, 3.8) is 0 Å². The Balaban J connectivity index is 0.911. The van der Waals surface area contributed by atoms with Gasteiger partial charge in [0.15, 0.2) is 0 Å². The summed E-state index contributed by atoms with van der Waals surface area (Å²) in [6.45, 7) is 11.4. The maximum Gasteiger partial charge on any atom is 0.330 e. The Bertz CT molecular complexity index is 2930. The van der Waals surface area contributed by atoms with Gasteiger partial charge < -0.3 is 37.9 Å². The molecule has 0 unspecified atom stereocenters. The number of aromatic nitrogens is 1. The summed E-state index contributed by atoms with van der Waals surface area (Å²) in [4.78, 5) is 81.5. The molecule has 0 atom stereocenters. The highest BCUT2D eigenvalue weighted by Crippen LogP contribution is 2.36. The molecule has 18 heteroatoms. The second-order valence-electron chi connectivity index (χ2n) is 21.1. The quantitative estimate of drug-likeness (QED) is 0.00938. The third-order valence-corrected chi connectivity index (χ3v) is 15.8. The lowest BCUT2D eigenvalue weighted by Crippen LogP contribution is -2.30. The molecule has 0 aliphatic heterocycles. The van der Waals surface area contributed by atoms with Gasteiger partial charge >= 0.3 is 35.8 Å². The summed E-state index contributed by atoms with van der Waals surface area (Å²) in [5.74, 6) is -1.40. The van der Waals surface area contributed by atoms with E-state index in [9.17, 15) is 28.8 Å². The van der Waals surface area contributed by atoms with Crippen LogP contribution < -0.4 is 33.4 Å². The summed E-state index contributed by atoms with van der Waals surface area (Å²) in [7, 11) is 0. The topological polar surface area (TPSA) is 205 Å². The number of nitrogens with zero attached hydrogens (tertiary/aromatic N) is 3. The normalized spacial score (nSPS) is 16.7. The van der Waals surface area contributed by atoms with E-state index < -0.39 is 35.7 Å². The van der Waals surface area contributed by atoms with Crippen LogP contribution in [0.5, 0.6) is 34.5 Å². The fraction of sp³-hybridized carbons (Fsp3) is 0.455. The Morgan fingerprint density at radius 1 is 0.524 bits per heavy atom. The lowest BCUT2D eigenvalue weighted by molar-refractivity contribution is -0.145. The molecule has 2 aliphatic carbocycles. The Hall–Kier alpha value is -7.86. The lowest BCUT2D eigenvalue weighted by Gasteiger charge is -2.26. The van der Waals surface area contributed by atoms with E-state index in [-0.39, 0.29) is 35.3 Å². The van der Waals surface area contributed by atoms with Crippen LogP contribution in [0.2, 0.25) is 0 Å². The summed E-state index contributed by atoms with van der Waals surface area (Å²) in [5, 5.41) is 7.51. The summed E-state index contributed by atoms with van der Waals surface area (Å²) in [6, 6.07) is 26.7. The van der Waals surface area contributed by atoms with Gasteiger partial charge in [-0.05, 0) is 188 Å². The molecule has 0 radical (unpaired) electrons. The third-order valence-electron chi connectivity index (χ3n) is 14.8. The van der Waals surface area contributed by atoms with Crippen LogP contribution in [0.25, 0.3) is 10.2 Å². The molecule has 0 spiro atoms. The summed E-state index contributed by atoms with van der Waals surface area (Å²) in [5.41, 5.74) is 1.29. The Morgan fingerprint density at radius 3 is 1.43 bits per heavy atom. The van der Waals surface area contributed by atoms with Gasteiger partial charge in [-0.2, -0.15) is 5.10 Å². The molecule has 17 nitrogen and oxygen atoms in total. The molecular weight excluding hydrogens is 1090 g/mol. The highest BCUT2D eigenvalue weighted by Gasteiger charge is 2.34. The first-order valence-corrected chi connectivity index (χ1v) is 30.5. The number of hydrazone groups is 1. The first-order valence-electron chi connectivity index (χ1n) is 29.7. The van der Waals surface area contributed by atoms with Crippen LogP contribution in [0.1, 0.15) is 141 Å².